The first-order valence-electron chi connectivity index (χ1n) is 5.45. The zero-order valence-corrected chi connectivity index (χ0v) is 10.3. The lowest BCUT2D eigenvalue weighted by Gasteiger charge is -2.23. The van der Waals surface area contributed by atoms with Crippen molar-refractivity contribution in [1.82, 2.24) is 5.32 Å². The first-order chi connectivity index (χ1) is 6.37. The monoisotopic (exact) mass is 201 g/mol. The fourth-order valence-corrected chi connectivity index (χ4v) is 1.12. The summed E-state index contributed by atoms with van der Waals surface area (Å²) in [5, 5.41) is 2.96. The lowest BCUT2D eigenvalue weighted by Crippen LogP contribution is -2.38. The van der Waals surface area contributed by atoms with Gasteiger partial charge in [-0.2, -0.15) is 0 Å². The van der Waals surface area contributed by atoms with Gasteiger partial charge in [0, 0.05) is 18.9 Å². The molecule has 0 spiro atoms. The van der Waals surface area contributed by atoms with E-state index in [2.05, 4.69) is 26.5 Å². The van der Waals surface area contributed by atoms with E-state index in [-0.39, 0.29) is 11.8 Å². The Hall–Kier alpha value is -0.570. The zero-order valence-electron chi connectivity index (χ0n) is 10.3. The third kappa shape index (κ3) is 6.89. The van der Waals surface area contributed by atoms with Gasteiger partial charge in [0.15, 0.2) is 0 Å². The molecular weight excluding hydrogens is 176 g/mol. The van der Waals surface area contributed by atoms with Crippen molar-refractivity contribution < 1.29 is 9.28 Å². The normalized spacial score (nSPS) is 13.8. The van der Waals surface area contributed by atoms with Gasteiger partial charge in [0.05, 0.1) is 27.7 Å². The Morgan fingerprint density at radius 2 is 1.93 bits per heavy atom. The van der Waals surface area contributed by atoms with Crippen LogP contribution in [0.4, 0.5) is 0 Å². The van der Waals surface area contributed by atoms with Crippen molar-refractivity contribution in [2.45, 2.75) is 26.7 Å². The largest absolute Gasteiger partial charge is 0.356 e. The van der Waals surface area contributed by atoms with Crippen molar-refractivity contribution in [3.8, 4) is 0 Å². The molecule has 1 N–H and O–H groups in total. The summed E-state index contributed by atoms with van der Waals surface area (Å²) < 4.78 is 0.958. The van der Waals surface area contributed by atoms with E-state index in [1.807, 2.05) is 13.8 Å². The summed E-state index contributed by atoms with van der Waals surface area (Å²) in [6.45, 7) is 5.91. The Bertz CT molecular complexity index is 173. The van der Waals surface area contributed by atoms with Gasteiger partial charge >= 0.3 is 0 Å². The van der Waals surface area contributed by atoms with Crippen molar-refractivity contribution in [2.24, 2.45) is 5.92 Å². The zero-order chi connectivity index (χ0) is 11.2. The first kappa shape index (κ1) is 13.4. The number of nitrogens with zero attached hydrogens (tertiary/aromatic N) is 1. The minimum atomic E-state index is 0.152. The maximum Gasteiger partial charge on any atom is 0.222 e. The number of hydrogen-bond donors (Lipinski definition) is 1. The molecule has 14 heavy (non-hydrogen) atoms. The molecule has 1 unspecified atom stereocenters. The van der Waals surface area contributed by atoms with E-state index in [0.717, 1.165) is 30.4 Å². The minimum absolute atomic E-state index is 0.152. The molecule has 0 heterocycles. The fraction of sp³-hybridized carbons (Fsp3) is 0.909. The summed E-state index contributed by atoms with van der Waals surface area (Å²) in [6.07, 6.45) is 1.97. The summed E-state index contributed by atoms with van der Waals surface area (Å²) in [6, 6.07) is 0. The maximum atomic E-state index is 11.4. The number of carbonyl (C=O) groups excluding carboxylic acids is 1. The number of carbonyl (C=O) groups is 1. The molecule has 0 saturated carbocycles. The van der Waals surface area contributed by atoms with E-state index >= 15 is 0 Å². The van der Waals surface area contributed by atoms with Crippen LogP contribution in [0.1, 0.15) is 26.7 Å². The number of rotatable bonds is 6. The van der Waals surface area contributed by atoms with Gasteiger partial charge in [-0.1, -0.05) is 13.8 Å². The maximum absolute atomic E-state index is 11.4. The molecule has 0 aliphatic carbocycles. The fourth-order valence-electron chi connectivity index (χ4n) is 1.12. The van der Waals surface area contributed by atoms with Crippen LogP contribution in [0.5, 0.6) is 0 Å². The number of amides is 1. The first-order valence-corrected chi connectivity index (χ1v) is 5.45. The summed E-state index contributed by atoms with van der Waals surface area (Å²) in [5.41, 5.74) is 0. The SMILES string of the molecule is CCC(C)C(=O)NCCC[N+](C)(C)C. The predicted octanol–water partition coefficient (Wildman–Crippen LogP) is 1.24. The Balaban J connectivity index is 3.51. The second kappa shape index (κ2) is 6.02. The lowest BCUT2D eigenvalue weighted by molar-refractivity contribution is -0.870. The van der Waals surface area contributed by atoms with Gasteiger partial charge in [-0.25, -0.2) is 0 Å². The highest BCUT2D eigenvalue weighted by Crippen LogP contribution is 1.99. The third-order valence-electron chi connectivity index (χ3n) is 2.36. The molecule has 84 valence electrons. The predicted molar refractivity (Wildman–Crippen MR) is 60.0 cm³/mol. The van der Waals surface area contributed by atoms with Gasteiger partial charge in [0.25, 0.3) is 0 Å². The summed E-state index contributed by atoms with van der Waals surface area (Å²) in [5.74, 6) is 0.341. The van der Waals surface area contributed by atoms with Crippen molar-refractivity contribution in [3.63, 3.8) is 0 Å². The van der Waals surface area contributed by atoms with Gasteiger partial charge in [-0.3, -0.25) is 4.79 Å². The molecule has 0 bridgehead atoms. The van der Waals surface area contributed by atoms with E-state index in [1.54, 1.807) is 0 Å². The van der Waals surface area contributed by atoms with Crippen LogP contribution in [-0.2, 0) is 4.79 Å². The van der Waals surface area contributed by atoms with Crippen LogP contribution < -0.4 is 5.32 Å². The van der Waals surface area contributed by atoms with Crippen molar-refractivity contribution >= 4 is 5.91 Å². The molecule has 0 saturated heterocycles. The van der Waals surface area contributed by atoms with Gasteiger partial charge in [0.1, 0.15) is 0 Å². The smallest absolute Gasteiger partial charge is 0.222 e. The molecule has 0 aromatic rings. The van der Waals surface area contributed by atoms with Crippen LogP contribution in [0.15, 0.2) is 0 Å². The highest BCUT2D eigenvalue weighted by atomic mass is 16.1. The van der Waals surface area contributed by atoms with E-state index < -0.39 is 0 Å². The van der Waals surface area contributed by atoms with Crippen LogP contribution in [0, 0.1) is 5.92 Å². The summed E-state index contributed by atoms with van der Waals surface area (Å²) >= 11 is 0. The average Bonchev–Trinajstić information content (AvgIpc) is 2.09. The van der Waals surface area contributed by atoms with Crippen LogP contribution in [-0.4, -0.2) is 44.6 Å². The minimum Gasteiger partial charge on any atom is -0.356 e. The quantitative estimate of drug-likeness (QED) is 0.508. The number of quaternary nitrogens is 1. The van der Waals surface area contributed by atoms with Crippen molar-refractivity contribution in [3.05, 3.63) is 0 Å². The molecule has 0 aromatic heterocycles. The number of nitrogens with one attached hydrogen (secondary N) is 1. The standard InChI is InChI=1S/C11H24N2O/c1-6-10(2)11(14)12-8-7-9-13(3,4)5/h10H,6-9H2,1-5H3/p+1. The van der Waals surface area contributed by atoms with E-state index in [4.69, 9.17) is 0 Å². The molecule has 0 aliphatic heterocycles. The van der Waals surface area contributed by atoms with Gasteiger partial charge in [0.2, 0.25) is 5.91 Å². The molecule has 1 atom stereocenters. The van der Waals surface area contributed by atoms with E-state index in [0.29, 0.717) is 0 Å². The highest BCUT2D eigenvalue weighted by molar-refractivity contribution is 5.78. The topological polar surface area (TPSA) is 29.1 Å². The molecule has 0 aliphatic rings. The van der Waals surface area contributed by atoms with Crippen LogP contribution in [0.3, 0.4) is 0 Å². The number of hydrogen-bond acceptors (Lipinski definition) is 1. The van der Waals surface area contributed by atoms with Gasteiger partial charge < -0.3 is 9.80 Å². The Morgan fingerprint density at radius 3 is 2.36 bits per heavy atom. The second-order valence-electron chi connectivity index (χ2n) is 4.97. The van der Waals surface area contributed by atoms with Crippen molar-refractivity contribution in [2.75, 3.05) is 34.2 Å². The third-order valence-corrected chi connectivity index (χ3v) is 2.36. The average molecular weight is 201 g/mol. The second-order valence-corrected chi connectivity index (χ2v) is 4.97. The molecular formula is C11H25N2O+. The highest BCUT2D eigenvalue weighted by Gasteiger charge is 2.10. The van der Waals surface area contributed by atoms with Gasteiger partial charge in [-0.15, -0.1) is 0 Å². The van der Waals surface area contributed by atoms with E-state index in [9.17, 15) is 4.79 Å². The van der Waals surface area contributed by atoms with Crippen LogP contribution in [0.25, 0.3) is 0 Å². The van der Waals surface area contributed by atoms with E-state index in [1.165, 1.54) is 0 Å². The van der Waals surface area contributed by atoms with Crippen LogP contribution in [0.2, 0.25) is 0 Å². The molecule has 0 fully saturated rings. The van der Waals surface area contributed by atoms with Crippen LogP contribution >= 0.6 is 0 Å². The molecule has 3 heteroatoms. The molecule has 0 aromatic carbocycles. The summed E-state index contributed by atoms with van der Waals surface area (Å²) in [4.78, 5) is 11.4. The van der Waals surface area contributed by atoms with Crippen molar-refractivity contribution in [1.29, 1.82) is 0 Å². The Labute approximate surface area is 88.1 Å². The lowest BCUT2D eigenvalue weighted by atomic mass is 10.1. The Morgan fingerprint density at radius 1 is 1.36 bits per heavy atom. The van der Waals surface area contributed by atoms with Gasteiger partial charge in [-0.05, 0) is 6.42 Å². The Kier molecular flexibility index (Phi) is 5.77. The molecule has 1 amide bonds. The molecule has 0 rings (SSSR count). The summed E-state index contributed by atoms with van der Waals surface area (Å²) in [7, 11) is 6.49. The molecule has 3 nitrogen and oxygen atoms in total. The molecule has 0 radical (unpaired) electrons.